The number of carbonyl (C=O) groups is 3. The number of likely N-dealkylation sites (tertiary alicyclic amines) is 1. The molecule has 1 aromatic heterocycles. The van der Waals surface area contributed by atoms with Gasteiger partial charge in [0, 0.05) is 22.1 Å². The largest absolute Gasteiger partial charge is 0.481 e. The number of fused-ring (bicyclic) bond motifs is 9. The summed E-state index contributed by atoms with van der Waals surface area (Å²) >= 11 is 2.92. The number of H-pyrrole nitrogens is 1. The molecule has 7 nitrogen and oxygen atoms in total. The third-order valence-corrected chi connectivity index (χ3v) is 9.84. The standard InChI is InChI=1S/C18H20N2O5S2/c1-18(2)11-6-5-7(12(11)26-14-13(18)27-17(25)19-14)10-9(6)15(23)20(16(10)24)4-3-8(21)22/h6-7,9-12H,3-5H2,1-2H3,(H,19,25)(H,21,22)/t6-,7-,9-,10+,11+,12+/m0/s1. The van der Waals surface area contributed by atoms with Gasteiger partial charge in [-0.2, -0.15) is 0 Å². The van der Waals surface area contributed by atoms with E-state index in [0.29, 0.717) is 0 Å². The van der Waals surface area contributed by atoms with E-state index >= 15 is 0 Å². The monoisotopic (exact) mass is 408 g/mol. The van der Waals surface area contributed by atoms with Crippen LogP contribution in [-0.2, 0) is 19.8 Å². The zero-order chi connectivity index (χ0) is 19.2. The van der Waals surface area contributed by atoms with E-state index in [-0.39, 0.29) is 69.9 Å². The molecule has 2 N–H and O–H groups in total. The molecule has 2 amide bonds. The van der Waals surface area contributed by atoms with Crippen molar-refractivity contribution in [1.29, 1.82) is 0 Å². The number of amides is 2. The molecule has 2 bridgehead atoms. The average Bonchev–Trinajstić information content (AvgIpc) is 3.28. The van der Waals surface area contributed by atoms with Crippen molar-refractivity contribution < 1.29 is 19.5 Å². The van der Waals surface area contributed by atoms with Crippen LogP contribution in [0.25, 0.3) is 0 Å². The van der Waals surface area contributed by atoms with E-state index in [9.17, 15) is 19.2 Å². The van der Waals surface area contributed by atoms with Gasteiger partial charge in [-0.3, -0.25) is 24.1 Å². The molecule has 5 rings (SSSR count). The molecule has 27 heavy (non-hydrogen) atoms. The summed E-state index contributed by atoms with van der Waals surface area (Å²) in [5.41, 5.74) is -0.225. The summed E-state index contributed by atoms with van der Waals surface area (Å²) in [6.45, 7) is 4.25. The Morgan fingerprint density at radius 2 is 1.89 bits per heavy atom. The molecule has 1 saturated heterocycles. The third kappa shape index (κ3) is 2.15. The van der Waals surface area contributed by atoms with E-state index in [4.69, 9.17) is 5.11 Å². The van der Waals surface area contributed by atoms with Crippen molar-refractivity contribution in [1.82, 2.24) is 9.88 Å². The van der Waals surface area contributed by atoms with Gasteiger partial charge in [-0.1, -0.05) is 25.2 Å². The van der Waals surface area contributed by atoms with Crippen LogP contribution in [0.4, 0.5) is 0 Å². The van der Waals surface area contributed by atoms with Crippen LogP contribution in [-0.4, -0.2) is 44.6 Å². The summed E-state index contributed by atoms with van der Waals surface area (Å²) < 4.78 is 0. The van der Waals surface area contributed by atoms with Gasteiger partial charge in [-0.15, -0.1) is 11.8 Å². The first-order valence-electron chi connectivity index (χ1n) is 9.19. The number of carbonyl (C=O) groups excluding carboxylic acids is 2. The number of thiazole rings is 1. The van der Waals surface area contributed by atoms with Crippen LogP contribution in [0.3, 0.4) is 0 Å². The number of hydrogen-bond acceptors (Lipinski definition) is 6. The molecule has 3 heterocycles. The van der Waals surface area contributed by atoms with E-state index in [1.54, 1.807) is 11.8 Å². The molecule has 2 aliphatic carbocycles. The molecule has 6 atom stereocenters. The molecular formula is C18H20N2O5S2. The fourth-order valence-electron chi connectivity index (χ4n) is 6.14. The molecular weight excluding hydrogens is 388 g/mol. The smallest absolute Gasteiger partial charge is 0.305 e. The van der Waals surface area contributed by atoms with Crippen molar-refractivity contribution in [3.63, 3.8) is 0 Å². The lowest BCUT2D eigenvalue weighted by atomic mass is 9.64. The summed E-state index contributed by atoms with van der Waals surface area (Å²) in [7, 11) is 0. The lowest BCUT2D eigenvalue weighted by Crippen LogP contribution is -2.48. The number of nitrogens with zero attached hydrogens (tertiary/aromatic N) is 1. The predicted molar refractivity (Wildman–Crippen MR) is 98.7 cm³/mol. The highest BCUT2D eigenvalue weighted by molar-refractivity contribution is 8.00. The van der Waals surface area contributed by atoms with Crippen LogP contribution >= 0.6 is 23.1 Å². The number of carboxylic acid groups (broad SMARTS) is 1. The highest BCUT2D eigenvalue weighted by Crippen LogP contribution is 2.68. The Morgan fingerprint density at radius 3 is 2.56 bits per heavy atom. The molecule has 9 heteroatoms. The van der Waals surface area contributed by atoms with Gasteiger partial charge in [0.05, 0.1) is 23.3 Å². The lowest BCUT2D eigenvalue weighted by Gasteiger charge is -2.47. The van der Waals surface area contributed by atoms with Crippen molar-refractivity contribution in [2.24, 2.45) is 29.6 Å². The second kappa shape index (κ2) is 5.47. The Morgan fingerprint density at radius 1 is 1.22 bits per heavy atom. The van der Waals surface area contributed by atoms with Crippen molar-refractivity contribution >= 4 is 40.9 Å². The minimum atomic E-state index is -1.01. The number of nitrogens with one attached hydrogen (secondary N) is 1. The van der Waals surface area contributed by atoms with Crippen molar-refractivity contribution in [3.8, 4) is 0 Å². The molecule has 0 spiro atoms. The first-order chi connectivity index (χ1) is 12.7. The number of aliphatic carboxylic acids is 1. The number of aromatic amines is 1. The van der Waals surface area contributed by atoms with Gasteiger partial charge in [0.2, 0.25) is 11.8 Å². The minimum absolute atomic E-state index is 0.0357. The van der Waals surface area contributed by atoms with Gasteiger partial charge < -0.3 is 10.1 Å². The van der Waals surface area contributed by atoms with Gasteiger partial charge in [-0.25, -0.2) is 0 Å². The minimum Gasteiger partial charge on any atom is -0.481 e. The Labute approximate surface area is 163 Å². The number of rotatable bonds is 3. The van der Waals surface area contributed by atoms with Crippen LogP contribution < -0.4 is 4.87 Å². The van der Waals surface area contributed by atoms with Crippen LogP contribution in [0.15, 0.2) is 9.82 Å². The first kappa shape index (κ1) is 17.5. The van der Waals surface area contributed by atoms with Crippen molar-refractivity contribution in [3.05, 3.63) is 14.5 Å². The fourth-order valence-corrected chi connectivity index (χ4v) is 9.30. The van der Waals surface area contributed by atoms with E-state index in [1.165, 1.54) is 16.2 Å². The zero-order valence-electron chi connectivity index (χ0n) is 14.9. The summed E-state index contributed by atoms with van der Waals surface area (Å²) in [5.74, 6) is -1.58. The van der Waals surface area contributed by atoms with Crippen LogP contribution in [0, 0.1) is 29.6 Å². The first-order valence-corrected chi connectivity index (χ1v) is 10.9. The van der Waals surface area contributed by atoms with Crippen LogP contribution in [0.2, 0.25) is 0 Å². The second-order valence-electron chi connectivity index (χ2n) is 8.59. The topological polar surface area (TPSA) is 108 Å². The second-order valence-corrected chi connectivity index (χ2v) is 10.8. The Balaban J connectivity index is 1.51. The summed E-state index contributed by atoms with van der Waals surface area (Å²) in [4.78, 5) is 53.8. The molecule has 3 fully saturated rings. The van der Waals surface area contributed by atoms with E-state index in [0.717, 1.165) is 16.3 Å². The van der Waals surface area contributed by atoms with Gasteiger partial charge in [-0.05, 0) is 24.2 Å². The van der Waals surface area contributed by atoms with Gasteiger partial charge in [0.15, 0.2) is 0 Å². The van der Waals surface area contributed by atoms with Crippen LogP contribution in [0.5, 0.6) is 0 Å². The number of imide groups is 1. The SMILES string of the molecule is CC1(C)c2sc(=O)[nH]c2S[C@@H]2[C@H]3C[C@@H]([C@@H]4C(=O)N(CCC(=O)O)C(=O)[C@H]34)[C@H]21. The van der Waals surface area contributed by atoms with Crippen molar-refractivity contribution in [2.45, 2.75) is 42.4 Å². The van der Waals surface area contributed by atoms with E-state index < -0.39 is 5.97 Å². The average molecular weight is 409 g/mol. The predicted octanol–water partition coefficient (Wildman–Crippen LogP) is 1.53. The highest BCUT2D eigenvalue weighted by atomic mass is 32.2. The van der Waals surface area contributed by atoms with Gasteiger partial charge in [0.1, 0.15) is 0 Å². The maximum absolute atomic E-state index is 13.0. The molecule has 0 unspecified atom stereocenters. The molecule has 1 aromatic rings. The molecule has 0 aromatic carbocycles. The van der Waals surface area contributed by atoms with Gasteiger partial charge >= 0.3 is 10.8 Å². The third-order valence-electron chi connectivity index (χ3n) is 7.03. The maximum Gasteiger partial charge on any atom is 0.305 e. The normalized spacial score (nSPS) is 38.1. The lowest BCUT2D eigenvalue weighted by molar-refractivity contribution is -0.142. The quantitative estimate of drug-likeness (QED) is 0.735. The molecule has 2 saturated carbocycles. The Hall–Kier alpha value is -1.61. The fraction of sp³-hybridized carbons (Fsp3) is 0.667. The van der Waals surface area contributed by atoms with Crippen LogP contribution in [0.1, 0.15) is 31.6 Å². The zero-order valence-corrected chi connectivity index (χ0v) is 16.6. The maximum atomic E-state index is 13.0. The van der Waals surface area contributed by atoms with Gasteiger partial charge in [0.25, 0.3) is 0 Å². The number of aromatic nitrogens is 1. The number of carboxylic acids is 1. The molecule has 0 radical (unpaired) electrons. The van der Waals surface area contributed by atoms with E-state index in [2.05, 4.69) is 18.8 Å². The van der Waals surface area contributed by atoms with E-state index in [1.807, 2.05) is 0 Å². The summed E-state index contributed by atoms with van der Waals surface area (Å²) in [5, 5.41) is 10.0. The number of thioether (sulfide) groups is 1. The number of hydrogen-bond donors (Lipinski definition) is 2. The summed E-state index contributed by atoms with van der Waals surface area (Å²) in [6, 6.07) is 0. The highest BCUT2D eigenvalue weighted by Gasteiger charge is 2.70. The molecule has 2 aliphatic heterocycles. The van der Waals surface area contributed by atoms with Crippen molar-refractivity contribution in [2.75, 3.05) is 6.54 Å². The Kier molecular flexibility index (Phi) is 3.54. The Bertz CT molecular complexity index is 934. The summed E-state index contributed by atoms with van der Waals surface area (Å²) in [6.07, 6.45) is 0.655. The molecule has 4 aliphatic rings. The molecule has 144 valence electrons.